The van der Waals surface area contributed by atoms with Crippen molar-refractivity contribution in [2.45, 2.75) is 24.8 Å². The van der Waals surface area contributed by atoms with Crippen LogP contribution < -0.4 is 19.9 Å². The Hall–Kier alpha value is -3.44. The number of nitrogens with zero attached hydrogens (tertiary/aromatic N) is 4. The van der Waals surface area contributed by atoms with E-state index in [2.05, 4.69) is 19.8 Å². The van der Waals surface area contributed by atoms with Gasteiger partial charge in [-0.25, -0.2) is 23.8 Å². The maximum Gasteiger partial charge on any atom is 0.354 e. The van der Waals surface area contributed by atoms with E-state index in [1.165, 1.54) is 13.3 Å². The topological polar surface area (TPSA) is 134 Å². The van der Waals surface area contributed by atoms with Gasteiger partial charge in [-0.15, -0.1) is 4.36 Å². The van der Waals surface area contributed by atoms with Gasteiger partial charge in [-0.3, -0.25) is 0 Å². The molecule has 0 spiro atoms. The zero-order chi connectivity index (χ0) is 22.0. The SMILES string of the molecule is COc1cc(-c2ccc(C)cc2NC(=O)N=S(N)(=O)c2cnn3c2OCCC3)ccn1. The molecule has 10 nitrogen and oxygen atoms in total. The summed E-state index contributed by atoms with van der Waals surface area (Å²) in [4.78, 5) is 16.9. The fraction of sp³-hybridized carbons (Fsp3) is 0.250. The quantitative estimate of drug-likeness (QED) is 0.638. The van der Waals surface area contributed by atoms with Gasteiger partial charge in [0.05, 0.1) is 25.6 Å². The highest BCUT2D eigenvalue weighted by Crippen LogP contribution is 2.31. The number of benzene rings is 1. The molecular weight excluding hydrogens is 420 g/mol. The number of pyridine rings is 1. The van der Waals surface area contributed by atoms with Gasteiger partial charge in [-0.05, 0) is 30.2 Å². The molecule has 0 aliphatic carbocycles. The fourth-order valence-electron chi connectivity index (χ4n) is 3.26. The Balaban J connectivity index is 1.66. The highest BCUT2D eigenvalue weighted by atomic mass is 32.2. The molecule has 3 heterocycles. The van der Waals surface area contributed by atoms with Crippen LogP contribution in [0, 0.1) is 6.92 Å². The van der Waals surface area contributed by atoms with Gasteiger partial charge in [0.2, 0.25) is 11.8 Å². The van der Waals surface area contributed by atoms with E-state index in [0.717, 1.165) is 23.1 Å². The molecule has 2 aromatic heterocycles. The Bertz CT molecular complexity index is 1260. The second-order valence-corrected chi connectivity index (χ2v) is 8.72. The standard InChI is InChI=1S/C20H22N6O4S/c1-13-4-5-15(14-6-7-22-18(11-14)29-2)16(10-13)24-20(27)25-31(21,28)17-12-23-26-8-3-9-30-19(17)26/h4-7,10-12H,3,8-9H2,1-2H3,(H3,21,24,25,27,28). The fourth-order valence-corrected chi connectivity index (χ4v) is 4.26. The van der Waals surface area contributed by atoms with Gasteiger partial charge in [0.15, 0.2) is 9.92 Å². The summed E-state index contributed by atoms with van der Waals surface area (Å²) >= 11 is 0. The molecule has 0 bridgehead atoms. The number of ether oxygens (including phenoxy) is 2. The molecule has 162 valence electrons. The summed E-state index contributed by atoms with van der Waals surface area (Å²) in [6.07, 6.45) is 3.73. The molecule has 4 rings (SSSR count). The van der Waals surface area contributed by atoms with Crippen molar-refractivity contribution < 1.29 is 18.5 Å². The molecule has 1 atom stereocenters. The smallest absolute Gasteiger partial charge is 0.354 e. The predicted molar refractivity (Wildman–Crippen MR) is 115 cm³/mol. The van der Waals surface area contributed by atoms with Crippen molar-refractivity contribution in [2.75, 3.05) is 19.0 Å². The third kappa shape index (κ3) is 4.37. The van der Waals surface area contributed by atoms with Crippen LogP contribution >= 0.6 is 0 Å². The minimum Gasteiger partial charge on any atom is -0.481 e. The molecule has 3 N–H and O–H groups in total. The number of urea groups is 1. The zero-order valence-corrected chi connectivity index (χ0v) is 17.9. The molecule has 0 radical (unpaired) electrons. The van der Waals surface area contributed by atoms with Gasteiger partial charge in [-0.1, -0.05) is 12.1 Å². The van der Waals surface area contributed by atoms with E-state index in [0.29, 0.717) is 24.7 Å². The van der Waals surface area contributed by atoms with Crippen LogP contribution in [0.3, 0.4) is 0 Å². The minimum absolute atomic E-state index is 0.102. The molecule has 31 heavy (non-hydrogen) atoms. The molecule has 1 unspecified atom stereocenters. The average molecular weight is 443 g/mol. The average Bonchev–Trinajstić information content (AvgIpc) is 3.19. The van der Waals surface area contributed by atoms with Crippen LogP contribution in [0.5, 0.6) is 11.8 Å². The molecule has 0 saturated heterocycles. The number of rotatable bonds is 4. The lowest BCUT2D eigenvalue weighted by atomic mass is 10.0. The van der Waals surface area contributed by atoms with Crippen molar-refractivity contribution in [3.05, 3.63) is 48.3 Å². The molecule has 3 aromatic rings. The Morgan fingerprint density at radius 1 is 1.35 bits per heavy atom. The Kier molecular flexibility index (Phi) is 5.61. The predicted octanol–water partition coefficient (Wildman–Crippen LogP) is 2.98. The number of nitrogens with one attached hydrogen (secondary N) is 1. The van der Waals surface area contributed by atoms with Gasteiger partial charge in [-0.2, -0.15) is 5.10 Å². The molecule has 0 fully saturated rings. The van der Waals surface area contributed by atoms with Crippen LogP contribution in [-0.2, 0) is 16.5 Å². The zero-order valence-electron chi connectivity index (χ0n) is 17.1. The van der Waals surface area contributed by atoms with E-state index in [9.17, 15) is 9.00 Å². The number of anilines is 1. The van der Waals surface area contributed by atoms with Gasteiger partial charge in [0, 0.05) is 30.8 Å². The third-order valence-corrected chi connectivity index (χ3v) is 6.07. The summed E-state index contributed by atoms with van der Waals surface area (Å²) in [6, 6.07) is 8.27. The minimum atomic E-state index is -3.55. The second-order valence-electron chi connectivity index (χ2n) is 6.97. The molecule has 0 saturated carbocycles. The Labute approximate surface area is 179 Å². The van der Waals surface area contributed by atoms with Gasteiger partial charge >= 0.3 is 6.03 Å². The largest absolute Gasteiger partial charge is 0.481 e. The molecule has 2 amide bonds. The first-order chi connectivity index (χ1) is 14.9. The van der Waals surface area contributed by atoms with Crippen molar-refractivity contribution >= 4 is 21.6 Å². The van der Waals surface area contributed by atoms with Gasteiger partial charge in [0.1, 0.15) is 4.90 Å². The first-order valence-corrected chi connectivity index (χ1v) is 11.1. The maximum absolute atomic E-state index is 13.0. The lowest BCUT2D eigenvalue weighted by Gasteiger charge is -2.16. The number of aromatic nitrogens is 3. The molecular formula is C20H22N6O4S. The van der Waals surface area contributed by atoms with Crippen LogP contribution in [0.2, 0.25) is 0 Å². The van der Waals surface area contributed by atoms with E-state index < -0.39 is 15.9 Å². The van der Waals surface area contributed by atoms with Crippen LogP contribution in [0.4, 0.5) is 10.5 Å². The van der Waals surface area contributed by atoms with E-state index in [1.54, 1.807) is 29.1 Å². The molecule has 1 aliphatic rings. The van der Waals surface area contributed by atoms with E-state index in [-0.39, 0.29) is 10.8 Å². The van der Waals surface area contributed by atoms with Crippen molar-refractivity contribution in [1.29, 1.82) is 0 Å². The summed E-state index contributed by atoms with van der Waals surface area (Å²) in [5, 5.41) is 12.7. The normalized spacial score (nSPS) is 14.7. The summed E-state index contributed by atoms with van der Waals surface area (Å²) in [5.74, 6) is 0.728. The summed E-state index contributed by atoms with van der Waals surface area (Å²) in [6.45, 7) is 2.98. The van der Waals surface area contributed by atoms with Crippen LogP contribution in [0.15, 0.2) is 52.0 Å². The van der Waals surface area contributed by atoms with E-state index in [4.69, 9.17) is 14.6 Å². The molecule has 1 aliphatic heterocycles. The van der Waals surface area contributed by atoms with E-state index >= 15 is 0 Å². The number of nitrogens with two attached hydrogens (primary N) is 1. The van der Waals surface area contributed by atoms with Crippen LogP contribution in [0.1, 0.15) is 12.0 Å². The van der Waals surface area contributed by atoms with Crippen molar-refractivity contribution in [3.8, 4) is 22.9 Å². The summed E-state index contributed by atoms with van der Waals surface area (Å²) in [7, 11) is -2.02. The van der Waals surface area contributed by atoms with Gasteiger partial charge in [0.25, 0.3) is 0 Å². The monoisotopic (exact) mass is 442 g/mol. The number of hydrogen-bond donors (Lipinski definition) is 2. The molecule has 11 heteroatoms. The lowest BCUT2D eigenvalue weighted by molar-refractivity contribution is 0.224. The number of methoxy groups -OCH3 is 1. The van der Waals surface area contributed by atoms with E-state index in [1.807, 2.05) is 19.1 Å². The first kappa shape index (κ1) is 20.8. The summed E-state index contributed by atoms with van der Waals surface area (Å²) in [5.41, 5.74) is 2.93. The number of carbonyl (C=O) groups excluding carboxylic acids is 1. The number of aryl methyl sites for hydroxylation is 2. The highest BCUT2D eigenvalue weighted by Gasteiger charge is 2.24. The van der Waals surface area contributed by atoms with Crippen molar-refractivity contribution in [2.24, 2.45) is 9.50 Å². The van der Waals surface area contributed by atoms with Crippen molar-refractivity contribution in [3.63, 3.8) is 0 Å². The van der Waals surface area contributed by atoms with Crippen LogP contribution in [0.25, 0.3) is 11.1 Å². The third-order valence-electron chi connectivity index (χ3n) is 4.72. The van der Waals surface area contributed by atoms with Crippen molar-refractivity contribution in [1.82, 2.24) is 14.8 Å². The second kappa shape index (κ2) is 8.36. The summed E-state index contributed by atoms with van der Waals surface area (Å²) < 4.78 is 29.0. The highest BCUT2D eigenvalue weighted by molar-refractivity contribution is 7.91. The number of carbonyl (C=O) groups is 1. The number of fused-ring (bicyclic) bond motifs is 1. The maximum atomic E-state index is 13.0. The van der Waals surface area contributed by atoms with Gasteiger partial charge < -0.3 is 14.8 Å². The van der Waals surface area contributed by atoms with Crippen LogP contribution in [-0.4, -0.2) is 38.7 Å². The number of amides is 2. The molecule has 1 aromatic carbocycles. The Morgan fingerprint density at radius 2 is 2.19 bits per heavy atom. The lowest BCUT2D eigenvalue weighted by Crippen LogP contribution is -2.20. The Morgan fingerprint density at radius 3 is 3.00 bits per heavy atom. The first-order valence-electron chi connectivity index (χ1n) is 9.53. The number of hydrogen-bond acceptors (Lipinski definition) is 6.